The van der Waals surface area contributed by atoms with Gasteiger partial charge in [0.25, 0.3) is 0 Å². The molecule has 0 unspecified atom stereocenters. The van der Waals surface area contributed by atoms with Crippen LogP contribution in [0.25, 0.3) is 0 Å². The maximum absolute atomic E-state index is 6.47. The van der Waals surface area contributed by atoms with Crippen LogP contribution in [0.15, 0.2) is 18.2 Å². The number of rotatable bonds is 9. The lowest BCUT2D eigenvalue weighted by molar-refractivity contribution is 0.413. The second-order valence-corrected chi connectivity index (χ2v) is 5.76. The monoisotopic (exact) mass is 297 g/mol. The summed E-state index contributed by atoms with van der Waals surface area (Å²) in [6.07, 6.45) is 1.13. The molecule has 0 aliphatic carbocycles. The van der Waals surface area contributed by atoms with Crippen LogP contribution in [-0.2, 0) is 6.54 Å². The zero-order valence-electron chi connectivity index (χ0n) is 13.2. The Morgan fingerprint density at radius 1 is 1.10 bits per heavy atom. The average molecular weight is 298 g/mol. The van der Waals surface area contributed by atoms with Gasteiger partial charge in [0.1, 0.15) is 0 Å². The SMILES string of the molecule is CCCN(CCN(C)C)c1ccc(CNCC)cc1Cl. The topological polar surface area (TPSA) is 18.5 Å². The second kappa shape index (κ2) is 9.22. The molecule has 0 spiro atoms. The van der Waals surface area contributed by atoms with Crippen LogP contribution in [0.1, 0.15) is 25.8 Å². The molecule has 0 bridgehead atoms. The molecule has 0 aliphatic rings. The molecule has 0 saturated heterocycles. The Hall–Kier alpha value is -0.770. The minimum absolute atomic E-state index is 0.854. The molecule has 0 radical (unpaired) electrons. The molecule has 0 amide bonds. The first kappa shape index (κ1) is 17.3. The first-order valence-electron chi connectivity index (χ1n) is 7.47. The van der Waals surface area contributed by atoms with Crippen molar-refractivity contribution >= 4 is 17.3 Å². The van der Waals surface area contributed by atoms with E-state index >= 15 is 0 Å². The average Bonchev–Trinajstić information content (AvgIpc) is 2.41. The third kappa shape index (κ3) is 5.70. The number of hydrogen-bond donors (Lipinski definition) is 1. The van der Waals surface area contributed by atoms with E-state index in [1.54, 1.807) is 0 Å². The van der Waals surface area contributed by atoms with Gasteiger partial charge in [0, 0.05) is 26.2 Å². The van der Waals surface area contributed by atoms with Crippen LogP contribution in [0.5, 0.6) is 0 Å². The first-order valence-corrected chi connectivity index (χ1v) is 7.85. The van der Waals surface area contributed by atoms with Crippen LogP contribution < -0.4 is 10.2 Å². The molecule has 0 saturated carbocycles. The van der Waals surface area contributed by atoms with E-state index in [9.17, 15) is 0 Å². The quantitative estimate of drug-likeness (QED) is 0.755. The van der Waals surface area contributed by atoms with Gasteiger partial charge in [-0.1, -0.05) is 31.5 Å². The van der Waals surface area contributed by atoms with Crippen molar-refractivity contribution in [2.75, 3.05) is 45.2 Å². The first-order chi connectivity index (χ1) is 9.58. The van der Waals surface area contributed by atoms with Crippen LogP contribution in [0.2, 0.25) is 5.02 Å². The lowest BCUT2D eigenvalue weighted by atomic mass is 10.2. The molecule has 0 heterocycles. The summed E-state index contributed by atoms with van der Waals surface area (Å²) in [4.78, 5) is 4.58. The molecule has 20 heavy (non-hydrogen) atoms. The number of nitrogens with one attached hydrogen (secondary N) is 1. The third-order valence-electron chi connectivity index (χ3n) is 3.24. The molecule has 0 aliphatic heterocycles. The van der Waals surface area contributed by atoms with E-state index in [0.717, 1.165) is 49.9 Å². The third-order valence-corrected chi connectivity index (χ3v) is 3.55. The Kier molecular flexibility index (Phi) is 7.97. The van der Waals surface area contributed by atoms with Gasteiger partial charge in [0.2, 0.25) is 0 Å². The predicted octanol–water partition coefficient (Wildman–Crippen LogP) is 3.23. The fourth-order valence-electron chi connectivity index (χ4n) is 2.13. The van der Waals surface area contributed by atoms with E-state index in [-0.39, 0.29) is 0 Å². The lowest BCUT2D eigenvalue weighted by Gasteiger charge is -2.27. The lowest BCUT2D eigenvalue weighted by Crippen LogP contribution is -2.32. The Labute approximate surface area is 128 Å². The van der Waals surface area contributed by atoms with Crippen molar-refractivity contribution in [2.45, 2.75) is 26.8 Å². The molecule has 0 aromatic heterocycles. The van der Waals surface area contributed by atoms with Crippen molar-refractivity contribution in [1.82, 2.24) is 10.2 Å². The second-order valence-electron chi connectivity index (χ2n) is 5.36. The summed E-state index contributed by atoms with van der Waals surface area (Å²) in [7, 11) is 4.20. The van der Waals surface area contributed by atoms with Gasteiger partial charge in [-0.3, -0.25) is 0 Å². The number of likely N-dealkylation sites (N-methyl/N-ethyl adjacent to an activating group) is 1. The number of benzene rings is 1. The van der Waals surface area contributed by atoms with Crippen LogP contribution in [0, 0.1) is 0 Å². The van der Waals surface area contributed by atoms with Crippen LogP contribution in [0.4, 0.5) is 5.69 Å². The summed E-state index contributed by atoms with van der Waals surface area (Å²) in [6.45, 7) is 9.26. The van der Waals surface area contributed by atoms with Gasteiger partial charge in [-0.2, -0.15) is 0 Å². The van der Waals surface area contributed by atoms with Crippen molar-refractivity contribution < 1.29 is 0 Å². The summed E-state index contributed by atoms with van der Waals surface area (Å²) in [5.74, 6) is 0. The fourth-order valence-corrected chi connectivity index (χ4v) is 2.45. The highest BCUT2D eigenvalue weighted by Gasteiger charge is 2.10. The maximum atomic E-state index is 6.47. The summed E-state index contributed by atoms with van der Waals surface area (Å²) in [5, 5.41) is 4.18. The van der Waals surface area contributed by atoms with Crippen molar-refractivity contribution in [3.05, 3.63) is 28.8 Å². The van der Waals surface area contributed by atoms with E-state index in [1.807, 2.05) is 0 Å². The Bertz CT molecular complexity index is 393. The molecule has 1 aromatic carbocycles. The van der Waals surface area contributed by atoms with Gasteiger partial charge in [0.15, 0.2) is 0 Å². The minimum atomic E-state index is 0.854. The van der Waals surface area contributed by atoms with E-state index in [0.29, 0.717) is 0 Å². The largest absolute Gasteiger partial charge is 0.369 e. The Morgan fingerprint density at radius 3 is 2.40 bits per heavy atom. The number of halogens is 1. The summed E-state index contributed by atoms with van der Waals surface area (Å²) < 4.78 is 0. The molecule has 114 valence electrons. The number of hydrogen-bond acceptors (Lipinski definition) is 3. The van der Waals surface area contributed by atoms with E-state index < -0.39 is 0 Å². The van der Waals surface area contributed by atoms with Gasteiger partial charge < -0.3 is 15.1 Å². The standard InChI is InChI=1S/C16H28ClN3/c1-5-9-20(11-10-19(3)4)16-8-7-14(12-15(16)17)13-18-6-2/h7-8,12,18H,5-6,9-11,13H2,1-4H3. The normalized spacial score (nSPS) is 11.1. The Morgan fingerprint density at radius 2 is 1.85 bits per heavy atom. The molecule has 4 heteroatoms. The van der Waals surface area contributed by atoms with E-state index in [4.69, 9.17) is 11.6 Å². The molecule has 3 nitrogen and oxygen atoms in total. The van der Waals surface area contributed by atoms with Gasteiger partial charge in [0.05, 0.1) is 10.7 Å². The van der Waals surface area contributed by atoms with Gasteiger partial charge in [-0.05, 0) is 44.8 Å². The number of nitrogens with zero attached hydrogens (tertiary/aromatic N) is 2. The molecule has 0 atom stereocenters. The van der Waals surface area contributed by atoms with Crippen molar-refractivity contribution in [2.24, 2.45) is 0 Å². The van der Waals surface area contributed by atoms with E-state index in [2.05, 4.69) is 61.3 Å². The highest BCUT2D eigenvalue weighted by atomic mass is 35.5. The summed E-state index contributed by atoms with van der Waals surface area (Å²) in [5.41, 5.74) is 2.39. The predicted molar refractivity (Wildman–Crippen MR) is 89.9 cm³/mol. The van der Waals surface area contributed by atoms with Gasteiger partial charge in [-0.15, -0.1) is 0 Å². The molecule has 0 fully saturated rings. The van der Waals surface area contributed by atoms with Crippen LogP contribution in [0.3, 0.4) is 0 Å². The molecule has 1 N–H and O–H groups in total. The van der Waals surface area contributed by atoms with Crippen molar-refractivity contribution in [3.8, 4) is 0 Å². The molecule has 1 rings (SSSR count). The molecule has 1 aromatic rings. The zero-order chi connectivity index (χ0) is 15.0. The fraction of sp³-hybridized carbons (Fsp3) is 0.625. The van der Waals surface area contributed by atoms with Crippen LogP contribution in [-0.4, -0.2) is 45.2 Å². The van der Waals surface area contributed by atoms with Gasteiger partial charge >= 0.3 is 0 Å². The maximum Gasteiger partial charge on any atom is 0.0642 e. The summed E-state index contributed by atoms with van der Waals surface area (Å²) >= 11 is 6.47. The Balaban J connectivity index is 2.79. The highest BCUT2D eigenvalue weighted by molar-refractivity contribution is 6.33. The van der Waals surface area contributed by atoms with Crippen molar-refractivity contribution in [1.29, 1.82) is 0 Å². The minimum Gasteiger partial charge on any atom is -0.369 e. The number of anilines is 1. The smallest absolute Gasteiger partial charge is 0.0642 e. The van der Waals surface area contributed by atoms with Crippen LogP contribution >= 0.6 is 11.6 Å². The van der Waals surface area contributed by atoms with Crippen molar-refractivity contribution in [3.63, 3.8) is 0 Å². The molecular weight excluding hydrogens is 270 g/mol. The summed E-state index contributed by atoms with van der Waals surface area (Å²) in [6, 6.07) is 6.40. The van der Waals surface area contributed by atoms with E-state index in [1.165, 1.54) is 5.56 Å². The zero-order valence-corrected chi connectivity index (χ0v) is 14.0. The highest BCUT2D eigenvalue weighted by Crippen LogP contribution is 2.27. The van der Waals surface area contributed by atoms with Gasteiger partial charge in [-0.25, -0.2) is 0 Å². The molecular formula is C16H28ClN3.